The maximum absolute atomic E-state index is 12.5. The van der Waals surface area contributed by atoms with Gasteiger partial charge in [0.15, 0.2) is 0 Å². The van der Waals surface area contributed by atoms with Gasteiger partial charge >= 0.3 is 0 Å². The lowest BCUT2D eigenvalue weighted by molar-refractivity contribution is 0.102. The number of aromatic nitrogens is 2. The van der Waals surface area contributed by atoms with Crippen LogP contribution in [0.25, 0.3) is 0 Å². The number of hydrogen-bond acceptors (Lipinski definition) is 4. The van der Waals surface area contributed by atoms with Crippen LogP contribution >= 0.6 is 15.9 Å². The molecule has 0 saturated carbocycles. The monoisotopic (exact) mass is 390 g/mol. The minimum Gasteiger partial charge on any atom is -0.341 e. The first-order valence-electron chi connectivity index (χ1n) is 8.21. The molecule has 1 amide bonds. The van der Waals surface area contributed by atoms with Crippen LogP contribution in [0.1, 0.15) is 42.9 Å². The van der Waals surface area contributed by atoms with E-state index in [0.717, 1.165) is 41.8 Å². The van der Waals surface area contributed by atoms with Gasteiger partial charge in [-0.25, -0.2) is 9.97 Å². The topological polar surface area (TPSA) is 58.1 Å². The van der Waals surface area contributed by atoms with Crippen molar-refractivity contribution in [1.82, 2.24) is 9.97 Å². The van der Waals surface area contributed by atoms with Gasteiger partial charge < -0.3 is 10.2 Å². The Labute approximate surface area is 151 Å². The molecule has 0 aliphatic heterocycles. The molecule has 0 bridgehead atoms. The minimum absolute atomic E-state index is 0.229. The van der Waals surface area contributed by atoms with Gasteiger partial charge in [0.25, 0.3) is 5.91 Å². The third kappa shape index (κ3) is 5.03. The summed E-state index contributed by atoms with van der Waals surface area (Å²) in [7, 11) is 0. The van der Waals surface area contributed by atoms with Crippen molar-refractivity contribution in [3.63, 3.8) is 0 Å². The van der Waals surface area contributed by atoms with Crippen LogP contribution in [-0.4, -0.2) is 29.0 Å². The number of hydrogen-bond donors (Lipinski definition) is 1. The van der Waals surface area contributed by atoms with Gasteiger partial charge in [-0.05, 0) is 44.0 Å². The highest BCUT2D eigenvalue weighted by Gasteiger charge is 2.14. The van der Waals surface area contributed by atoms with E-state index in [1.807, 2.05) is 31.2 Å². The summed E-state index contributed by atoms with van der Waals surface area (Å²) in [5, 5.41) is 2.88. The Morgan fingerprint density at radius 2 is 1.88 bits per heavy atom. The van der Waals surface area contributed by atoms with Gasteiger partial charge in [0.1, 0.15) is 5.69 Å². The normalized spacial score (nSPS) is 10.5. The van der Waals surface area contributed by atoms with Crippen molar-refractivity contribution in [2.45, 2.75) is 33.6 Å². The summed E-state index contributed by atoms with van der Waals surface area (Å²) in [6, 6.07) is 9.20. The summed E-state index contributed by atoms with van der Waals surface area (Å²) >= 11 is 3.40. The van der Waals surface area contributed by atoms with Crippen molar-refractivity contribution < 1.29 is 4.79 Å². The average Bonchev–Trinajstić information content (AvgIpc) is 2.54. The fourth-order valence-electron chi connectivity index (χ4n) is 2.42. The number of rotatable bonds is 7. The highest BCUT2D eigenvalue weighted by molar-refractivity contribution is 9.10. The molecular formula is C18H23BrN4O. The molecule has 24 heavy (non-hydrogen) atoms. The Morgan fingerprint density at radius 3 is 2.50 bits per heavy atom. The van der Waals surface area contributed by atoms with Gasteiger partial charge in [-0.2, -0.15) is 0 Å². The molecule has 0 aliphatic carbocycles. The molecule has 0 spiro atoms. The second-order valence-electron chi connectivity index (χ2n) is 5.65. The van der Waals surface area contributed by atoms with Crippen LogP contribution in [-0.2, 0) is 0 Å². The summed E-state index contributed by atoms with van der Waals surface area (Å²) in [6.45, 7) is 7.89. The second-order valence-corrected chi connectivity index (χ2v) is 6.56. The van der Waals surface area contributed by atoms with Crippen molar-refractivity contribution >= 4 is 33.5 Å². The fourth-order valence-corrected chi connectivity index (χ4v) is 2.82. The van der Waals surface area contributed by atoms with Gasteiger partial charge in [0.2, 0.25) is 5.95 Å². The van der Waals surface area contributed by atoms with Crippen LogP contribution in [0.2, 0.25) is 0 Å². The zero-order valence-electron chi connectivity index (χ0n) is 14.3. The predicted octanol–water partition coefficient (Wildman–Crippen LogP) is 4.43. The van der Waals surface area contributed by atoms with Crippen LogP contribution in [0.3, 0.4) is 0 Å². The van der Waals surface area contributed by atoms with E-state index in [1.165, 1.54) is 0 Å². The molecule has 2 rings (SSSR count). The maximum atomic E-state index is 12.5. The Hall–Kier alpha value is -1.95. The number of benzene rings is 1. The second kappa shape index (κ2) is 8.78. The number of aryl methyl sites for hydroxylation is 1. The Bertz CT molecular complexity index is 699. The van der Waals surface area contributed by atoms with Crippen molar-refractivity contribution in [3.05, 3.63) is 46.2 Å². The predicted molar refractivity (Wildman–Crippen MR) is 102 cm³/mol. The molecule has 0 unspecified atom stereocenters. The van der Waals surface area contributed by atoms with Gasteiger partial charge in [0.05, 0.1) is 0 Å². The summed E-state index contributed by atoms with van der Waals surface area (Å²) in [6.07, 6.45) is 2.02. The van der Waals surface area contributed by atoms with Crippen molar-refractivity contribution in [3.8, 4) is 0 Å². The zero-order chi connectivity index (χ0) is 17.5. The molecule has 0 atom stereocenters. The molecular weight excluding hydrogens is 368 g/mol. The number of nitrogens with zero attached hydrogens (tertiary/aromatic N) is 3. The van der Waals surface area contributed by atoms with Crippen LogP contribution in [0.4, 0.5) is 11.6 Å². The van der Waals surface area contributed by atoms with Crippen molar-refractivity contribution in [2.75, 3.05) is 23.3 Å². The Morgan fingerprint density at radius 1 is 1.17 bits per heavy atom. The number of halogens is 1. The summed E-state index contributed by atoms with van der Waals surface area (Å²) in [5.41, 5.74) is 1.90. The molecule has 1 heterocycles. The quantitative estimate of drug-likeness (QED) is 0.759. The van der Waals surface area contributed by atoms with Crippen molar-refractivity contribution in [2.24, 2.45) is 0 Å². The molecule has 0 radical (unpaired) electrons. The molecule has 1 aromatic heterocycles. The van der Waals surface area contributed by atoms with Crippen LogP contribution < -0.4 is 10.2 Å². The average molecular weight is 391 g/mol. The van der Waals surface area contributed by atoms with E-state index in [2.05, 4.69) is 50.0 Å². The lowest BCUT2D eigenvalue weighted by Crippen LogP contribution is -2.28. The molecule has 5 nitrogen and oxygen atoms in total. The Kier molecular flexibility index (Phi) is 6.73. The number of nitrogens with one attached hydrogen (secondary N) is 1. The first kappa shape index (κ1) is 18.4. The van der Waals surface area contributed by atoms with Gasteiger partial charge in [-0.3, -0.25) is 4.79 Å². The first-order valence-corrected chi connectivity index (χ1v) is 9.00. The highest BCUT2D eigenvalue weighted by atomic mass is 79.9. The van der Waals surface area contributed by atoms with E-state index < -0.39 is 0 Å². The van der Waals surface area contributed by atoms with Crippen molar-refractivity contribution in [1.29, 1.82) is 0 Å². The van der Waals surface area contributed by atoms with E-state index in [-0.39, 0.29) is 5.91 Å². The number of carbonyl (C=O) groups excluding carboxylic acids is 1. The maximum Gasteiger partial charge on any atom is 0.274 e. The van der Waals surface area contributed by atoms with Crippen LogP contribution in [0.5, 0.6) is 0 Å². The molecule has 1 N–H and O–H groups in total. The number of carbonyl (C=O) groups is 1. The third-order valence-electron chi connectivity index (χ3n) is 3.43. The lowest BCUT2D eigenvalue weighted by Gasteiger charge is -2.22. The smallest absolute Gasteiger partial charge is 0.274 e. The molecule has 0 saturated heterocycles. The molecule has 1 aromatic carbocycles. The van der Waals surface area contributed by atoms with E-state index in [0.29, 0.717) is 11.6 Å². The highest BCUT2D eigenvalue weighted by Crippen LogP contribution is 2.17. The summed E-state index contributed by atoms with van der Waals surface area (Å²) in [5.74, 6) is 0.394. The third-order valence-corrected chi connectivity index (χ3v) is 3.92. The van der Waals surface area contributed by atoms with E-state index in [9.17, 15) is 4.79 Å². The SMILES string of the molecule is CCCN(CCC)c1nc(C)cc(C(=O)Nc2cccc(Br)c2)n1. The van der Waals surface area contributed by atoms with E-state index >= 15 is 0 Å². The first-order chi connectivity index (χ1) is 11.5. The largest absolute Gasteiger partial charge is 0.341 e. The van der Waals surface area contributed by atoms with Crippen LogP contribution in [0.15, 0.2) is 34.8 Å². The van der Waals surface area contributed by atoms with Gasteiger partial charge in [-0.1, -0.05) is 35.8 Å². The van der Waals surface area contributed by atoms with Gasteiger partial charge in [0, 0.05) is 28.9 Å². The summed E-state index contributed by atoms with van der Waals surface area (Å²) in [4.78, 5) is 23.6. The van der Waals surface area contributed by atoms with E-state index in [1.54, 1.807) is 6.07 Å². The zero-order valence-corrected chi connectivity index (χ0v) is 15.9. The standard InChI is InChI=1S/C18H23BrN4O/c1-4-9-23(10-5-2)18-20-13(3)11-16(22-18)17(24)21-15-8-6-7-14(19)12-15/h6-8,11-12H,4-5,9-10H2,1-3H3,(H,21,24). The lowest BCUT2D eigenvalue weighted by atomic mass is 10.3. The molecule has 0 aliphatic rings. The minimum atomic E-state index is -0.229. The molecule has 128 valence electrons. The number of amides is 1. The summed E-state index contributed by atoms with van der Waals surface area (Å²) < 4.78 is 0.914. The van der Waals surface area contributed by atoms with Gasteiger partial charge in [-0.15, -0.1) is 0 Å². The van der Waals surface area contributed by atoms with Crippen LogP contribution in [0, 0.1) is 6.92 Å². The molecule has 6 heteroatoms. The van der Waals surface area contributed by atoms with E-state index in [4.69, 9.17) is 0 Å². The Balaban J connectivity index is 2.24. The molecule has 0 fully saturated rings. The number of anilines is 2. The fraction of sp³-hybridized carbons (Fsp3) is 0.389. The molecule has 2 aromatic rings.